The van der Waals surface area contributed by atoms with E-state index in [0.717, 1.165) is 11.1 Å². The summed E-state index contributed by atoms with van der Waals surface area (Å²) in [6.45, 7) is 1.70. The van der Waals surface area contributed by atoms with Gasteiger partial charge in [0.05, 0.1) is 44.0 Å². The maximum absolute atomic E-state index is 13.4. The van der Waals surface area contributed by atoms with Crippen LogP contribution < -0.4 is 4.74 Å². The molecule has 6 atom stereocenters. The first kappa shape index (κ1) is 25.3. The third-order valence-corrected chi connectivity index (χ3v) is 7.13. The Labute approximate surface area is 215 Å². The van der Waals surface area contributed by atoms with Gasteiger partial charge in [-0.3, -0.25) is 14.6 Å². The molecule has 13 heteroatoms. The Balaban J connectivity index is 1.38. The highest BCUT2D eigenvalue weighted by Crippen LogP contribution is 2.42. The Kier molecular flexibility index (Phi) is 6.99. The summed E-state index contributed by atoms with van der Waals surface area (Å²) >= 11 is 6.00. The number of carbonyl (C=O) groups is 2. The Morgan fingerprint density at radius 1 is 1.22 bits per heavy atom. The van der Waals surface area contributed by atoms with E-state index in [1.165, 1.54) is 0 Å². The third-order valence-electron chi connectivity index (χ3n) is 6.88. The van der Waals surface area contributed by atoms with Crippen LogP contribution in [0, 0.1) is 28.9 Å². The molecular formula is C24H23ClN2O10. The van der Waals surface area contributed by atoms with Gasteiger partial charge in [0, 0.05) is 28.3 Å². The number of aryl methyl sites for hydroxylation is 1. The molecule has 3 aliphatic heterocycles. The molecule has 2 saturated heterocycles. The number of nitrogens with zero attached hydrogens (tertiary/aromatic N) is 2. The number of benzene rings is 1. The van der Waals surface area contributed by atoms with Crippen LogP contribution in [0.15, 0.2) is 30.5 Å². The average Bonchev–Trinajstić information content (AvgIpc) is 3.56. The summed E-state index contributed by atoms with van der Waals surface area (Å²) < 4.78 is 23.0. The third kappa shape index (κ3) is 4.97. The van der Waals surface area contributed by atoms with Gasteiger partial charge in [-0.25, -0.2) is 0 Å². The maximum atomic E-state index is 13.4. The largest absolute Gasteiger partial charge is 0.481 e. The minimum absolute atomic E-state index is 0.0359. The molecule has 1 aromatic carbocycles. The van der Waals surface area contributed by atoms with E-state index < -0.39 is 59.7 Å². The number of esters is 1. The highest BCUT2D eigenvalue weighted by Gasteiger charge is 2.53. The number of pyridine rings is 1. The lowest BCUT2D eigenvalue weighted by Crippen LogP contribution is -2.38. The molecular weight excluding hydrogens is 512 g/mol. The van der Waals surface area contributed by atoms with Crippen molar-refractivity contribution < 1.29 is 43.6 Å². The summed E-state index contributed by atoms with van der Waals surface area (Å²) in [4.78, 5) is 44.8. The van der Waals surface area contributed by atoms with Crippen LogP contribution in [0.1, 0.15) is 34.9 Å². The van der Waals surface area contributed by atoms with Crippen molar-refractivity contribution in [2.24, 2.45) is 11.8 Å². The number of carboxylic acids is 1. The number of aromatic nitrogens is 1. The van der Waals surface area contributed by atoms with Crippen molar-refractivity contribution in [1.82, 2.24) is 4.98 Å². The lowest BCUT2D eigenvalue weighted by Gasteiger charge is -2.24. The quantitative estimate of drug-likeness (QED) is 0.301. The van der Waals surface area contributed by atoms with Crippen molar-refractivity contribution >= 4 is 23.5 Å². The number of hydrogen-bond donors (Lipinski definition) is 1. The normalized spacial score (nSPS) is 26.8. The van der Waals surface area contributed by atoms with Gasteiger partial charge in [-0.05, 0) is 24.6 Å². The Bertz CT molecular complexity index is 1220. The predicted molar refractivity (Wildman–Crippen MR) is 123 cm³/mol. The molecule has 0 amide bonds. The Morgan fingerprint density at radius 3 is 2.65 bits per heavy atom. The maximum Gasteiger partial charge on any atom is 0.315 e. The van der Waals surface area contributed by atoms with Gasteiger partial charge in [0.1, 0.15) is 12.2 Å². The molecule has 37 heavy (non-hydrogen) atoms. The second-order valence-corrected chi connectivity index (χ2v) is 9.54. The smallest absolute Gasteiger partial charge is 0.315 e. The number of aliphatic carboxylic acids is 1. The monoisotopic (exact) mass is 534 g/mol. The number of halogens is 1. The molecule has 1 aromatic heterocycles. The van der Waals surface area contributed by atoms with Crippen LogP contribution >= 0.6 is 11.6 Å². The second-order valence-electron chi connectivity index (χ2n) is 9.10. The van der Waals surface area contributed by atoms with Gasteiger partial charge in [-0.15, -0.1) is 10.1 Å². The molecule has 0 radical (unpaired) electrons. The van der Waals surface area contributed by atoms with Crippen LogP contribution in [0.4, 0.5) is 0 Å². The van der Waals surface area contributed by atoms with Crippen molar-refractivity contribution in [3.8, 4) is 5.75 Å². The van der Waals surface area contributed by atoms with E-state index in [0.29, 0.717) is 16.3 Å². The standard InChI is InChI=1S/C24H23ClN2O10/c1-11-20(17-9-33-21(15(17)7-26-11)12-2-4-13(25)5-3-12)36-24(30)14(6-19(28)29)16-8-34-23-18(37-27(31)32)10-35-22(16)23/h2-5,7,14,16,18,21-23H,6,8-10H2,1H3,(H,28,29)/t14?,16-,18+,21+,22-,23-/m1/s1. The fourth-order valence-corrected chi connectivity index (χ4v) is 5.27. The molecule has 0 bridgehead atoms. The number of carbonyl (C=O) groups excluding carboxylic acids is 1. The van der Waals surface area contributed by atoms with E-state index >= 15 is 0 Å². The number of rotatable bonds is 8. The lowest BCUT2D eigenvalue weighted by molar-refractivity contribution is -0.769. The molecule has 4 heterocycles. The minimum atomic E-state index is -1.21. The SMILES string of the molecule is Cc1ncc2c(c1OC(=O)C(CC(=O)O)[C@H]1CO[C@H]3[C@@H]1OC[C@@H]3O[N+](=O)[O-])CO[C@H]2c1ccc(Cl)cc1. The second kappa shape index (κ2) is 10.2. The van der Waals surface area contributed by atoms with Crippen molar-refractivity contribution in [3.63, 3.8) is 0 Å². The molecule has 2 fully saturated rings. The first-order chi connectivity index (χ1) is 17.7. The van der Waals surface area contributed by atoms with Gasteiger partial charge >= 0.3 is 11.9 Å². The van der Waals surface area contributed by atoms with Crippen LogP contribution in [-0.2, 0) is 35.2 Å². The van der Waals surface area contributed by atoms with Crippen molar-refractivity contribution in [2.45, 2.75) is 44.4 Å². The van der Waals surface area contributed by atoms with Gasteiger partial charge in [0.25, 0.3) is 5.09 Å². The van der Waals surface area contributed by atoms with Crippen LogP contribution in [0.5, 0.6) is 5.75 Å². The van der Waals surface area contributed by atoms with E-state index in [2.05, 4.69) is 9.82 Å². The molecule has 3 aliphatic rings. The molecule has 1 N–H and O–H groups in total. The summed E-state index contributed by atoms with van der Waals surface area (Å²) in [6, 6.07) is 7.18. The van der Waals surface area contributed by atoms with Crippen LogP contribution in [0.25, 0.3) is 0 Å². The number of carboxylic acid groups (broad SMARTS) is 1. The molecule has 1 unspecified atom stereocenters. The number of hydrogen-bond acceptors (Lipinski definition) is 10. The molecule has 2 aromatic rings. The summed E-state index contributed by atoms with van der Waals surface area (Å²) in [7, 11) is 0. The van der Waals surface area contributed by atoms with Gasteiger partial charge in [-0.2, -0.15) is 0 Å². The van der Waals surface area contributed by atoms with E-state index in [9.17, 15) is 24.8 Å². The van der Waals surface area contributed by atoms with Gasteiger partial charge in [-0.1, -0.05) is 23.7 Å². The summed E-state index contributed by atoms with van der Waals surface area (Å²) in [5, 5.41) is 19.9. The molecule has 196 valence electrons. The molecule has 0 saturated carbocycles. The van der Waals surface area contributed by atoms with Crippen molar-refractivity contribution in [2.75, 3.05) is 13.2 Å². The summed E-state index contributed by atoms with van der Waals surface area (Å²) in [5.41, 5.74) is 2.67. The zero-order chi connectivity index (χ0) is 26.3. The van der Waals surface area contributed by atoms with Crippen LogP contribution in [0.3, 0.4) is 0 Å². The minimum Gasteiger partial charge on any atom is -0.481 e. The van der Waals surface area contributed by atoms with E-state index in [4.69, 9.17) is 30.5 Å². The van der Waals surface area contributed by atoms with Crippen LogP contribution in [0.2, 0.25) is 5.02 Å². The Hall–Kier alpha value is -3.32. The van der Waals surface area contributed by atoms with Gasteiger partial charge < -0.3 is 28.9 Å². The van der Waals surface area contributed by atoms with E-state index in [1.54, 1.807) is 25.3 Å². The van der Waals surface area contributed by atoms with Crippen molar-refractivity contribution in [1.29, 1.82) is 0 Å². The number of ether oxygens (including phenoxy) is 4. The fraction of sp³-hybridized carbons (Fsp3) is 0.458. The first-order valence-electron chi connectivity index (χ1n) is 11.6. The zero-order valence-corrected chi connectivity index (χ0v) is 20.3. The lowest BCUT2D eigenvalue weighted by atomic mass is 9.85. The highest BCUT2D eigenvalue weighted by atomic mass is 35.5. The topological polar surface area (TPSA) is 157 Å². The fourth-order valence-electron chi connectivity index (χ4n) is 5.15. The molecule has 0 spiro atoms. The van der Waals surface area contributed by atoms with Gasteiger partial charge in [0.2, 0.25) is 0 Å². The van der Waals surface area contributed by atoms with E-state index in [-0.39, 0.29) is 25.6 Å². The molecule has 12 nitrogen and oxygen atoms in total. The Morgan fingerprint density at radius 2 is 1.95 bits per heavy atom. The van der Waals surface area contributed by atoms with Crippen molar-refractivity contribution in [3.05, 3.63) is 68.0 Å². The molecule has 0 aliphatic carbocycles. The zero-order valence-electron chi connectivity index (χ0n) is 19.6. The summed E-state index contributed by atoms with van der Waals surface area (Å²) in [6.07, 6.45) is -1.80. The first-order valence-corrected chi connectivity index (χ1v) is 11.9. The highest BCUT2D eigenvalue weighted by molar-refractivity contribution is 6.30. The van der Waals surface area contributed by atoms with Gasteiger partial charge in [0.15, 0.2) is 11.9 Å². The molecule has 5 rings (SSSR count). The summed E-state index contributed by atoms with van der Waals surface area (Å²) in [5.74, 6) is -3.61. The number of fused-ring (bicyclic) bond motifs is 2. The average molecular weight is 535 g/mol. The van der Waals surface area contributed by atoms with Crippen LogP contribution in [-0.4, -0.2) is 58.6 Å². The predicted octanol–water partition coefficient (Wildman–Crippen LogP) is 2.65. The van der Waals surface area contributed by atoms with E-state index in [1.807, 2.05) is 12.1 Å².